The third kappa shape index (κ3) is 4.76. The lowest BCUT2D eigenvalue weighted by molar-refractivity contribution is 0.0939. The van der Waals surface area contributed by atoms with E-state index in [0.717, 1.165) is 17.6 Å². The number of rotatable bonds is 7. The van der Waals surface area contributed by atoms with Crippen molar-refractivity contribution in [2.75, 3.05) is 6.54 Å². The van der Waals surface area contributed by atoms with Crippen LogP contribution in [0.5, 0.6) is 0 Å². The Bertz CT molecular complexity index is 664. The lowest BCUT2D eigenvalue weighted by atomic mass is 10.0. The number of carbonyl (C=O) groups excluding carboxylic acids is 1. The summed E-state index contributed by atoms with van der Waals surface area (Å²) in [6.07, 6.45) is 3.65. The van der Waals surface area contributed by atoms with Crippen LogP contribution in [0.15, 0.2) is 18.5 Å². The van der Waals surface area contributed by atoms with Crippen molar-refractivity contribution >= 4 is 16.9 Å². The van der Waals surface area contributed by atoms with Gasteiger partial charge in [0.25, 0.3) is 5.91 Å². The first-order valence-corrected chi connectivity index (χ1v) is 8.14. The molecule has 0 aromatic carbocycles. The maximum absolute atomic E-state index is 12.2. The minimum absolute atomic E-state index is 0.145. The van der Waals surface area contributed by atoms with E-state index in [9.17, 15) is 9.90 Å². The first-order chi connectivity index (χ1) is 10.9. The van der Waals surface area contributed by atoms with Gasteiger partial charge in [-0.2, -0.15) is 5.10 Å². The summed E-state index contributed by atoms with van der Waals surface area (Å²) in [4.78, 5) is 16.6. The van der Waals surface area contributed by atoms with Crippen molar-refractivity contribution < 1.29 is 9.90 Å². The van der Waals surface area contributed by atoms with Crippen molar-refractivity contribution in [3.8, 4) is 0 Å². The van der Waals surface area contributed by atoms with Gasteiger partial charge in [-0.25, -0.2) is 9.67 Å². The molecule has 2 heterocycles. The zero-order valence-electron chi connectivity index (χ0n) is 14.3. The van der Waals surface area contributed by atoms with Crippen LogP contribution in [0.4, 0.5) is 0 Å². The van der Waals surface area contributed by atoms with E-state index < -0.39 is 0 Å². The fourth-order valence-corrected chi connectivity index (χ4v) is 2.61. The molecule has 1 amide bonds. The second-order valence-corrected chi connectivity index (χ2v) is 6.76. The molecule has 0 saturated carbocycles. The Kier molecular flexibility index (Phi) is 5.71. The van der Waals surface area contributed by atoms with Crippen molar-refractivity contribution in [1.29, 1.82) is 0 Å². The summed E-state index contributed by atoms with van der Waals surface area (Å²) in [5, 5.41) is 17.5. The lowest BCUT2D eigenvalue weighted by Crippen LogP contribution is -2.29. The Morgan fingerprint density at radius 1 is 1.30 bits per heavy atom. The molecule has 2 aromatic rings. The molecule has 23 heavy (non-hydrogen) atoms. The Hall–Kier alpha value is -1.95. The number of nitrogens with zero attached hydrogens (tertiary/aromatic N) is 3. The third-order valence-electron chi connectivity index (χ3n) is 3.63. The van der Waals surface area contributed by atoms with Gasteiger partial charge in [-0.15, -0.1) is 0 Å². The number of aromatic nitrogens is 3. The average Bonchev–Trinajstić information content (AvgIpc) is 2.85. The van der Waals surface area contributed by atoms with Crippen molar-refractivity contribution in [3.63, 3.8) is 0 Å². The van der Waals surface area contributed by atoms with Gasteiger partial charge in [-0.05, 0) is 31.2 Å². The fraction of sp³-hybridized carbons (Fsp3) is 0.588. The Morgan fingerprint density at radius 2 is 2.04 bits per heavy atom. The summed E-state index contributed by atoms with van der Waals surface area (Å²) in [6, 6.07) is 1.82. The zero-order valence-corrected chi connectivity index (χ0v) is 14.3. The molecule has 0 radical (unpaired) electrons. The molecule has 2 N–H and O–H groups in total. The summed E-state index contributed by atoms with van der Waals surface area (Å²) in [5.41, 5.74) is 1.34. The smallest absolute Gasteiger partial charge is 0.252 e. The molecule has 0 spiro atoms. The molecule has 2 unspecified atom stereocenters. The summed E-state index contributed by atoms with van der Waals surface area (Å²) in [6.45, 7) is 9.36. The molecule has 2 aromatic heterocycles. The largest absolute Gasteiger partial charge is 0.393 e. The highest BCUT2D eigenvalue weighted by Crippen LogP contribution is 2.14. The van der Waals surface area contributed by atoms with Gasteiger partial charge >= 0.3 is 0 Å². The zero-order chi connectivity index (χ0) is 17.0. The number of nitrogens with one attached hydrogen (secondary N) is 1. The van der Waals surface area contributed by atoms with Crippen LogP contribution in [0.2, 0.25) is 0 Å². The molecule has 2 rings (SSSR count). The van der Waals surface area contributed by atoms with E-state index in [4.69, 9.17) is 0 Å². The van der Waals surface area contributed by atoms with Gasteiger partial charge in [0.1, 0.15) is 0 Å². The minimum atomic E-state index is -0.355. The third-order valence-corrected chi connectivity index (χ3v) is 3.63. The highest BCUT2D eigenvalue weighted by atomic mass is 16.3. The Morgan fingerprint density at radius 3 is 2.70 bits per heavy atom. The molecule has 0 bridgehead atoms. The predicted molar refractivity (Wildman–Crippen MR) is 90.2 cm³/mol. The molecule has 2 atom stereocenters. The van der Waals surface area contributed by atoms with E-state index in [2.05, 4.69) is 29.2 Å². The van der Waals surface area contributed by atoms with Crippen LogP contribution in [0.1, 0.15) is 44.5 Å². The van der Waals surface area contributed by atoms with Gasteiger partial charge in [0, 0.05) is 24.7 Å². The van der Waals surface area contributed by atoms with Crippen LogP contribution in [-0.2, 0) is 6.54 Å². The van der Waals surface area contributed by atoms with Gasteiger partial charge in [0.05, 0.1) is 17.9 Å². The number of hydrogen-bond acceptors (Lipinski definition) is 4. The standard InChI is InChI=1S/C17H26N4O2/c1-11(2)10-21-16-14(9-20-21)6-15(8-18-16)17(23)19-7-12(3)5-13(4)22/h6,8-9,11-13,22H,5,7,10H2,1-4H3,(H,19,23). The van der Waals surface area contributed by atoms with Crippen LogP contribution in [0.3, 0.4) is 0 Å². The van der Waals surface area contributed by atoms with Gasteiger partial charge in [0.15, 0.2) is 5.65 Å². The van der Waals surface area contributed by atoms with Crippen molar-refractivity contribution in [1.82, 2.24) is 20.1 Å². The topological polar surface area (TPSA) is 80.0 Å². The summed E-state index contributed by atoms with van der Waals surface area (Å²) >= 11 is 0. The average molecular weight is 318 g/mol. The van der Waals surface area contributed by atoms with Crippen LogP contribution in [0.25, 0.3) is 11.0 Å². The normalized spacial score (nSPS) is 14.2. The predicted octanol–water partition coefficient (Wildman–Crippen LogP) is 2.22. The Labute approximate surface area is 136 Å². The summed E-state index contributed by atoms with van der Waals surface area (Å²) in [5.74, 6) is 0.566. The molecule has 6 nitrogen and oxygen atoms in total. The quantitative estimate of drug-likeness (QED) is 0.820. The SMILES string of the molecule is CC(C)Cn1ncc2cc(C(=O)NCC(C)CC(C)O)cnc21. The highest BCUT2D eigenvalue weighted by molar-refractivity contribution is 5.96. The molecule has 0 aliphatic carbocycles. The molecular weight excluding hydrogens is 292 g/mol. The summed E-state index contributed by atoms with van der Waals surface area (Å²) in [7, 11) is 0. The first-order valence-electron chi connectivity index (χ1n) is 8.14. The second-order valence-electron chi connectivity index (χ2n) is 6.76. The molecule has 126 valence electrons. The monoisotopic (exact) mass is 318 g/mol. The number of pyridine rings is 1. The number of aliphatic hydroxyl groups excluding tert-OH is 1. The van der Waals surface area contributed by atoms with Gasteiger partial charge in [-0.1, -0.05) is 20.8 Å². The van der Waals surface area contributed by atoms with Crippen molar-refractivity contribution in [2.24, 2.45) is 11.8 Å². The molecule has 0 aliphatic heterocycles. The van der Waals surface area contributed by atoms with Crippen LogP contribution < -0.4 is 5.32 Å². The van der Waals surface area contributed by atoms with E-state index >= 15 is 0 Å². The Balaban J connectivity index is 2.04. The van der Waals surface area contributed by atoms with Gasteiger partial charge < -0.3 is 10.4 Å². The lowest BCUT2D eigenvalue weighted by Gasteiger charge is -2.14. The highest BCUT2D eigenvalue weighted by Gasteiger charge is 2.13. The second kappa shape index (κ2) is 7.55. The number of fused-ring (bicyclic) bond motifs is 1. The fourth-order valence-electron chi connectivity index (χ4n) is 2.61. The van der Waals surface area contributed by atoms with E-state index in [-0.39, 0.29) is 17.9 Å². The van der Waals surface area contributed by atoms with E-state index in [1.54, 1.807) is 19.3 Å². The molecule has 0 saturated heterocycles. The maximum Gasteiger partial charge on any atom is 0.252 e. The van der Waals surface area contributed by atoms with E-state index in [1.165, 1.54) is 0 Å². The van der Waals surface area contributed by atoms with Gasteiger partial charge in [-0.3, -0.25) is 4.79 Å². The van der Waals surface area contributed by atoms with Crippen molar-refractivity contribution in [3.05, 3.63) is 24.0 Å². The number of amides is 1. The van der Waals surface area contributed by atoms with Gasteiger partial charge in [0.2, 0.25) is 0 Å². The van der Waals surface area contributed by atoms with Crippen LogP contribution >= 0.6 is 0 Å². The molecule has 0 aliphatic rings. The molecule has 0 fully saturated rings. The van der Waals surface area contributed by atoms with Crippen LogP contribution in [-0.4, -0.2) is 38.4 Å². The van der Waals surface area contributed by atoms with Crippen molar-refractivity contribution in [2.45, 2.75) is 46.8 Å². The van der Waals surface area contributed by atoms with E-state index in [0.29, 0.717) is 24.4 Å². The van der Waals surface area contributed by atoms with E-state index in [1.807, 2.05) is 17.7 Å². The minimum Gasteiger partial charge on any atom is -0.393 e. The molecular formula is C17H26N4O2. The number of aliphatic hydroxyl groups is 1. The van der Waals surface area contributed by atoms with Crippen LogP contribution in [0, 0.1) is 11.8 Å². The molecule has 6 heteroatoms. The number of hydrogen-bond donors (Lipinski definition) is 2. The first kappa shape index (κ1) is 17.4. The maximum atomic E-state index is 12.2. The number of carbonyl (C=O) groups is 1. The summed E-state index contributed by atoms with van der Waals surface area (Å²) < 4.78 is 1.87.